The summed E-state index contributed by atoms with van der Waals surface area (Å²) >= 11 is 0. The number of benzene rings is 3. The van der Waals surface area contributed by atoms with Gasteiger partial charge in [-0.3, -0.25) is 13.9 Å². The summed E-state index contributed by atoms with van der Waals surface area (Å²) in [5.41, 5.74) is 4.82. The van der Waals surface area contributed by atoms with Crippen LogP contribution in [0.25, 0.3) is 0 Å². The van der Waals surface area contributed by atoms with Crippen LogP contribution in [-0.2, 0) is 19.6 Å². The molecule has 0 saturated heterocycles. The Balaban J connectivity index is 1.48. The van der Waals surface area contributed by atoms with Gasteiger partial charge in [0.25, 0.3) is 11.8 Å². The van der Waals surface area contributed by atoms with Crippen LogP contribution in [0.4, 0.5) is 15.8 Å². The van der Waals surface area contributed by atoms with E-state index in [0.29, 0.717) is 17.0 Å². The van der Waals surface area contributed by atoms with Crippen molar-refractivity contribution < 1.29 is 27.1 Å². The van der Waals surface area contributed by atoms with Gasteiger partial charge in [-0.1, -0.05) is 17.7 Å². The summed E-state index contributed by atoms with van der Waals surface area (Å²) in [4.78, 5) is 24.2. The molecule has 11 heteroatoms. The van der Waals surface area contributed by atoms with Crippen molar-refractivity contribution in [1.29, 1.82) is 0 Å². The first-order valence-corrected chi connectivity index (χ1v) is 12.6. The lowest BCUT2D eigenvalue weighted by Crippen LogP contribution is -2.39. The summed E-state index contributed by atoms with van der Waals surface area (Å²) in [7, 11) is -3.78. The Labute approximate surface area is 208 Å². The Morgan fingerprint density at radius 1 is 0.972 bits per heavy atom. The Hall–Kier alpha value is -4.25. The van der Waals surface area contributed by atoms with Gasteiger partial charge in [-0.05, 0) is 73.2 Å². The van der Waals surface area contributed by atoms with E-state index in [9.17, 15) is 22.4 Å². The minimum absolute atomic E-state index is 0.154. The van der Waals surface area contributed by atoms with Crippen LogP contribution in [0.3, 0.4) is 0 Å². The molecule has 3 aromatic rings. The number of hydrazone groups is 1. The second kappa shape index (κ2) is 11.9. The number of amides is 2. The topological polar surface area (TPSA) is 117 Å². The number of ether oxygens (including phenoxy) is 1. The first-order chi connectivity index (χ1) is 17.1. The molecule has 0 saturated carbocycles. The average Bonchev–Trinajstić information content (AvgIpc) is 2.83. The van der Waals surface area contributed by atoms with Gasteiger partial charge < -0.3 is 10.1 Å². The first kappa shape index (κ1) is 26.4. The zero-order valence-corrected chi connectivity index (χ0v) is 20.5. The Morgan fingerprint density at radius 3 is 2.22 bits per heavy atom. The maximum absolute atomic E-state index is 13.1. The number of nitrogens with zero attached hydrogens (tertiary/aromatic N) is 2. The second-order valence-corrected chi connectivity index (χ2v) is 9.72. The summed E-state index contributed by atoms with van der Waals surface area (Å²) in [6, 6.07) is 18.8. The van der Waals surface area contributed by atoms with E-state index in [1.165, 1.54) is 18.3 Å². The molecule has 188 valence electrons. The van der Waals surface area contributed by atoms with Crippen LogP contribution >= 0.6 is 0 Å². The maximum atomic E-state index is 13.1. The van der Waals surface area contributed by atoms with E-state index in [1.54, 1.807) is 24.3 Å². The van der Waals surface area contributed by atoms with E-state index in [4.69, 9.17) is 4.74 Å². The molecular weight excluding hydrogens is 487 g/mol. The summed E-state index contributed by atoms with van der Waals surface area (Å²) in [5.74, 6) is -1.03. The Morgan fingerprint density at radius 2 is 1.61 bits per heavy atom. The van der Waals surface area contributed by atoms with E-state index < -0.39 is 28.3 Å². The SMILES string of the molecule is Cc1ccc(NC(=O)COc2ccc(/C=N\NC(=O)CN(c3ccc(F)cc3)S(C)(=O)=O)cc2)cc1. The minimum atomic E-state index is -3.78. The molecule has 9 nitrogen and oxygen atoms in total. The lowest BCUT2D eigenvalue weighted by molar-refractivity contribution is -0.119. The second-order valence-electron chi connectivity index (χ2n) is 7.81. The van der Waals surface area contributed by atoms with Crippen LogP contribution in [-0.4, -0.2) is 45.9 Å². The number of halogens is 1. The van der Waals surface area contributed by atoms with Gasteiger partial charge in [-0.25, -0.2) is 18.2 Å². The van der Waals surface area contributed by atoms with Crippen LogP contribution in [0.5, 0.6) is 5.75 Å². The van der Waals surface area contributed by atoms with E-state index in [2.05, 4.69) is 15.8 Å². The number of carbonyl (C=O) groups excluding carboxylic acids is 2. The predicted octanol–water partition coefficient (Wildman–Crippen LogP) is 3.07. The van der Waals surface area contributed by atoms with Crippen LogP contribution < -0.4 is 19.8 Å². The highest BCUT2D eigenvalue weighted by atomic mass is 32.2. The molecular formula is C25H25FN4O5S. The average molecular weight is 513 g/mol. The molecule has 0 bridgehead atoms. The number of carbonyl (C=O) groups is 2. The minimum Gasteiger partial charge on any atom is -0.484 e. The standard InChI is InChI=1S/C25H25FN4O5S/c1-18-3-9-21(10-4-18)28-25(32)17-35-23-13-5-19(6-14-23)15-27-29-24(31)16-30(36(2,33)34)22-11-7-20(26)8-12-22/h3-15H,16-17H2,1-2H3,(H,28,32)(H,29,31)/b27-15-. The lowest BCUT2D eigenvalue weighted by Gasteiger charge is -2.21. The monoisotopic (exact) mass is 512 g/mol. The third-order valence-electron chi connectivity index (χ3n) is 4.79. The fraction of sp³-hybridized carbons (Fsp3) is 0.160. The van der Waals surface area contributed by atoms with Gasteiger partial charge in [-0.2, -0.15) is 5.10 Å². The molecule has 36 heavy (non-hydrogen) atoms. The molecule has 0 aromatic heterocycles. The summed E-state index contributed by atoms with van der Waals surface area (Å²) in [6.07, 6.45) is 2.32. The van der Waals surface area contributed by atoms with Gasteiger partial charge in [0.2, 0.25) is 10.0 Å². The molecule has 0 radical (unpaired) electrons. The number of hydrogen-bond acceptors (Lipinski definition) is 6. The largest absolute Gasteiger partial charge is 0.484 e. The van der Waals surface area contributed by atoms with Gasteiger partial charge in [0.1, 0.15) is 18.1 Å². The smallest absolute Gasteiger partial charge is 0.262 e. The lowest BCUT2D eigenvalue weighted by atomic mass is 10.2. The molecule has 0 spiro atoms. The van der Waals surface area contributed by atoms with Gasteiger partial charge >= 0.3 is 0 Å². The van der Waals surface area contributed by atoms with Crippen molar-refractivity contribution in [3.63, 3.8) is 0 Å². The molecule has 3 rings (SSSR count). The molecule has 0 atom stereocenters. The van der Waals surface area contributed by atoms with Crippen molar-refractivity contribution in [2.75, 3.05) is 29.0 Å². The Kier molecular flexibility index (Phi) is 8.74. The first-order valence-electron chi connectivity index (χ1n) is 10.7. The van der Waals surface area contributed by atoms with E-state index in [0.717, 1.165) is 28.3 Å². The number of rotatable bonds is 10. The summed E-state index contributed by atoms with van der Waals surface area (Å²) in [6.45, 7) is 1.27. The highest BCUT2D eigenvalue weighted by Gasteiger charge is 2.20. The van der Waals surface area contributed by atoms with Crippen LogP contribution in [0.1, 0.15) is 11.1 Å². The van der Waals surface area contributed by atoms with Crippen LogP contribution in [0.2, 0.25) is 0 Å². The molecule has 0 heterocycles. The Bertz CT molecular complexity index is 1330. The third-order valence-corrected chi connectivity index (χ3v) is 5.93. The number of nitrogens with one attached hydrogen (secondary N) is 2. The van der Waals surface area contributed by atoms with Crippen LogP contribution in [0.15, 0.2) is 77.9 Å². The van der Waals surface area contributed by atoms with Crippen molar-refractivity contribution in [3.8, 4) is 5.75 Å². The van der Waals surface area contributed by atoms with E-state index in [1.807, 2.05) is 31.2 Å². The van der Waals surface area contributed by atoms with E-state index in [-0.39, 0.29) is 18.2 Å². The molecule has 2 N–H and O–H groups in total. The molecule has 0 fully saturated rings. The van der Waals surface area contributed by atoms with Crippen molar-refractivity contribution in [2.45, 2.75) is 6.92 Å². The number of hydrogen-bond donors (Lipinski definition) is 2. The van der Waals surface area contributed by atoms with Gasteiger partial charge in [0, 0.05) is 5.69 Å². The fourth-order valence-corrected chi connectivity index (χ4v) is 3.84. The number of aryl methyl sites for hydroxylation is 1. The van der Waals surface area contributed by atoms with E-state index >= 15 is 0 Å². The van der Waals surface area contributed by atoms with Crippen LogP contribution in [0, 0.1) is 12.7 Å². The maximum Gasteiger partial charge on any atom is 0.262 e. The van der Waals surface area contributed by atoms with Crippen molar-refractivity contribution in [1.82, 2.24) is 5.43 Å². The zero-order valence-electron chi connectivity index (χ0n) is 19.6. The molecule has 0 aliphatic heterocycles. The highest BCUT2D eigenvalue weighted by Crippen LogP contribution is 2.17. The zero-order chi connectivity index (χ0) is 26.1. The molecule has 0 unspecified atom stereocenters. The molecule has 0 aliphatic rings. The fourth-order valence-electron chi connectivity index (χ4n) is 2.98. The third kappa shape index (κ3) is 8.20. The highest BCUT2D eigenvalue weighted by molar-refractivity contribution is 7.92. The molecule has 0 aliphatic carbocycles. The predicted molar refractivity (Wildman–Crippen MR) is 136 cm³/mol. The van der Waals surface area contributed by atoms with Gasteiger partial charge in [-0.15, -0.1) is 0 Å². The summed E-state index contributed by atoms with van der Waals surface area (Å²) in [5, 5.41) is 6.57. The summed E-state index contributed by atoms with van der Waals surface area (Å²) < 4.78 is 43.6. The van der Waals surface area contributed by atoms with Gasteiger partial charge in [0.05, 0.1) is 18.2 Å². The molecule has 2 amide bonds. The normalized spacial score (nSPS) is 11.2. The molecule has 3 aromatic carbocycles. The quantitative estimate of drug-likeness (QED) is 0.320. The van der Waals surface area contributed by atoms with Gasteiger partial charge in [0.15, 0.2) is 6.61 Å². The van der Waals surface area contributed by atoms with Crippen molar-refractivity contribution >= 4 is 39.4 Å². The van der Waals surface area contributed by atoms with Crippen molar-refractivity contribution in [3.05, 3.63) is 89.7 Å². The number of anilines is 2. The van der Waals surface area contributed by atoms with Crippen molar-refractivity contribution in [2.24, 2.45) is 5.10 Å². The number of sulfonamides is 1.